The van der Waals surface area contributed by atoms with E-state index >= 15 is 0 Å². The first-order valence-electron chi connectivity index (χ1n) is 4.95. The number of fused-ring (bicyclic) bond motifs is 5. The van der Waals surface area contributed by atoms with Crippen LogP contribution in [0, 0.1) is 0 Å². The number of benzene rings is 1. The van der Waals surface area contributed by atoms with Gasteiger partial charge in [-0.1, -0.05) is 6.92 Å². The Morgan fingerprint density at radius 3 is 2.13 bits per heavy atom. The lowest BCUT2D eigenvalue weighted by Crippen LogP contribution is -2.30. The smallest absolute Gasteiger partial charge is 0.265 e. The van der Waals surface area contributed by atoms with Crippen LogP contribution in [0.3, 0.4) is 0 Å². The molecule has 76 valence electrons. The molecule has 0 N–H and O–H groups in total. The molecule has 0 radical (unpaired) electrons. The summed E-state index contributed by atoms with van der Waals surface area (Å²) < 4.78 is 5.29. The van der Waals surface area contributed by atoms with Gasteiger partial charge in [0.2, 0.25) is 0 Å². The zero-order valence-electron chi connectivity index (χ0n) is 8.24. The largest absolute Gasteiger partial charge is 0.456 e. The Morgan fingerprint density at radius 2 is 1.67 bits per heavy atom. The number of carbonyl (C=O) groups is 2. The monoisotopic (exact) mass is 203 g/mol. The van der Waals surface area contributed by atoms with E-state index in [1.807, 2.05) is 6.92 Å². The Labute approximate surface area is 85.8 Å². The summed E-state index contributed by atoms with van der Waals surface area (Å²) in [6.45, 7) is 2.42. The van der Waals surface area contributed by atoms with Crippen LogP contribution in [0.5, 0.6) is 0 Å². The van der Waals surface area contributed by atoms with Gasteiger partial charge in [-0.15, -0.1) is 0 Å². The number of rotatable bonds is 2. The minimum atomic E-state index is -0.216. The van der Waals surface area contributed by atoms with Crippen LogP contribution < -0.4 is 0 Å². The van der Waals surface area contributed by atoms with Crippen LogP contribution in [0.2, 0.25) is 0 Å². The van der Waals surface area contributed by atoms with Crippen molar-refractivity contribution in [3.8, 4) is 0 Å². The second-order valence-corrected chi connectivity index (χ2v) is 3.68. The summed E-state index contributed by atoms with van der Waals surface area (Å²) in [6.07, 6.45) is 0.775. The Balaban J connectivity index is 2.19. The fourth-order valence-corrected chi connectivity index (χ4v) is 2.07. The second kappa shape index (κ2) is 2.59. The summed E-state index contributed by atoms with van der Waals surface area (Å²) in [5.41, 5.74) is 1.95. The summed E-state index contributed by atoms with van der Waals surface area (Å²) >= 11 is 0. The molecule has 0 unspecified atom stereocenters. The van der Waals surface area contributed by atoms with Gasteiger partial charge in [-0.2, -0.15) is 0 Å². The first-order valence-corrected chi connectivity index (χ1v) is 4.95. The van der Waals surface area contributed by atoms with Gasteiger partial charge < -0.3 is 4.42 Å². The number of furan rings is 2. The van der Waals surface area contributed by atoms with Crippen LogP contribution in [0.4, 0.5) is 0 Å². The van der Waals surface area contributed by atoms with Gasteiger partial charge in [0.05, 0.1) is 11.1 Å². The lowest BCUT2D eigenvalue weighted by atomic mass is 10.1. The van der Waals surface area contributed by atoms with Gasteiger partial charge in [-0.05, 0) is 18.6 Å². The molecular formula is C11H9NO3. The predicted octanol–water partition coefficient (Wildman–Crippen LogP) is 1.88. The third-order valence-corrected chi connectivity index (χ3v) is 2.71. The van der Waals surface area contributed by atoms with E-state index in [1.165, 1.54) is 4.90 Å². The second-order valence-electron chi connectivity index (χ2n) is 3.68. The molecule has 2 aromatic rings. The molecule has 0 fully saturated rings. The predicted molar refractivity (Wildman–Crippen MR) is 53.1 cm³/mol. The molecule has 1 aliphatic heterocycles. The molecule has 1 aliphatic rings. The maximum atomic E-state index is 11.9. The normalized spacial score (nSPS) is 15.7. The van der Waals surface area contributed by atoms with Crippen molar-refractivity contribution < 1.29 is 14.0 Å². The standard InChI is InChI=1S/C11H9NO3/c1-2-5-12-10(13)8-6-3-4-7(15-6)9(8)11(12)14/h3-4H,2,5H2,1H3. The highest BCUT2D eigenvalue weighted by molar-refractivity contribution is 6.27. The number of hydrogen-bond donors (Lipinski definition) is 0. The van der Waals surface area contributed by atoms with E-state index in [1.54, 1.807) is 12.1 Å². The highest BCUT2D eigenvalue weighted by atomic mass is 16.3. The molecule has 2 bridgehead atoms. The van der Waals surface area contributed by atoms with Crippen molar-refractivity contribution in [3.05, 3.63) is 23.3 Å². The third kappa shape index (κ3) is 0.862. The number of amides is 2. The number of hydrogen-bond acceptors (Lipinski definition) is 3. The van der Waals surface area contributed by atoms with Crippen molar-refractivity contribution >= 4 is 23.0 Å². The van der Waals surface area contributed by atoms with Crippen molar-refractivity contribution in [2.75, 3.05) is 6.54 Å². The van der Waals surface area contributed by atoms with Crippen LogP contribution in [-0.2, 0) is 0 Å². The summed E-state index contributed by atoms with van der Waals surface area (Å²) in [6, 6.07) is 3.46. The Bertz CT molecular complexity index is 510. The number of imide groups is 1. The molecule has 2 amide bonds. The zero-order valence-corrected chi connectivity index (χ0v) is 8.24. The van der Waals surface area contributed by atoms with E-state index in [0.717, 1.165) is 6.42 Å². The first-order chi connectivity index (χ1) is 7.24. The summed E-state index contributed by atoms with van der Waals surface area (Å²) in [4.78, 5) is 25.0. The van der Waals surface area contributed by atoms with E-state index in [0.29, 0.717) is 28.8 Å². The van der Waals surface area contributed by atoms with Crippen molar-refractivity contribution in [3.63, 3.8) is 0 Å². The topological polar surface area (TPSA) is 50.5 Å². The van der Waals surface area contributed by atoms with Crippen molar-refractivity contribution in [2.45, 2.75) is 13.3 Å². The van der Waals surface area contributed by atoms with Crippen LogP contribution >= 0.6 is 0 Å². The maximum Gasteiger partial charge on any atom is 0.265 e. The lowest BCUT2D eigenvalue weighted by molar-refractivity contribution is 0.0654. The summed E-state index contributed by atoms with van der Waals surface area (Å²) in [5.74, 6) is -0.433. The average molecular weight is 203 g/mol. The van der Waals surface area contributed by atoms with Crippen molar-refractivity contribution in [1.82, 2.24) is 4.90 Å². The van der Waals surface area contributed by atoms with Crippen molar-refractivity contribution in [1.29, 1.82) is 0 Å². The fraction of sp³-hybridized carbons (Fsp3) is 0.273. The molecule has 0 spiro atoms. The van der Waals surface area contributed by atoms with E-state index in [9.17, 15) is 9.59 Å². The van der Waals surface area contributed by atoms with Gasteiger partial charge in [-0.3, -0.25) is 14.5 Å². The molecule has 0 atom stereocenters. The van der Waals surface area contributed by atoms with E-state index in [4.69, 9.17) is 4.42 Å². The third-order valence-electron chi connectivity index (χ3n) is 2.71. The van der Waals surface area contributed by atoms with Gasteiger partial charge in [0.25, 0.3) is 11.8 Å². The number of carbonyl (C=O) groups excluding carboxylic acids is 2. The SMILES string of the molecule is CCCN1C(=O)c2c(c3ccc2o3)C1=O. The summed E-state index contributed by atoms with van der Waals surface area (Å²) in [7, 11) is 0. The highest BCUT2D eigenvalue weighted by Gasteiger charge is 2.40. The molecule has 0 aromatic carbocycles. The molecule has 2 aromatic heterocycles. The van der Waals surface area contributed by atoms with E-state index < -0.39 is 0 Å². The minimum Gasteiger partial charge on any atom is -0.456 e. The Kier molecular flexibility index (Phi) is 1.46. The molecule has 3 heterocycles. The highest BCUT2D eigenvalue weighted by Crippen LogP contribution is 2.35. The Morgan fingerprint density at radius 1 is 1.13 bits per heavy atom. The van der Waals surface area contributed by atoms with E-state index in [2.05, 4.69) is 0 Å². The molecule has 0 saturated heterocycles. The maximum absolute atomic E-state index is 11.9. The molecule has 15 heavy (non-hydrogen) atoms. The van der Waals surface area contributed by atoms with Crippen LogP contribution in [0.25, 0.3) is 11.2 Å². The Hall–Kier alpha value is -1.84. The lowest BCUT2D eigenvalue weighted by Gasteiger charge is -2.11. The fourth-order valence-electron chi connectivity index (χ4n) is 2.07. The molecule has 3 rings (SSSR count). The first kappa shape index (κ1) is 8.47. The molecule has 4 nitrogen and oxygen atoms in total. The van der Waals surface area contributed by atoms with Crippen LogP contribution in [0.1, 0.15) is 34.1 Å². The van der Waals surface area contributed by atoms with Gasteiger partial charge in [-0.25, -0.2) is 0 Å². The van der Waals surface area contributed by atoms with Gasteiger partial charge in [0.1, 0.15) is 11.2 Å². The van der Waals surface area contributed by atoms with Crippen LogP contribution in [-0.4, -0.2) is 23.3 Å². The average Bonchev–Trinajstić information content (AvgIpc) is 2.87. The molecular weight excluding hydrogens is 194 g/mol. The van der Waals surface area contributed by atoms with Crippen molar-refractivity contribution in [2.24, 2.45) is 0 Å². The van der Waals surface area contributed by atoms with Gasteiger partial charge in [0.15, 0.2) is 0 Å². The molecule has 4 heteroatoms. The summed E-state index contributed by atoms with van der Waals surface area (Å²) in [5, 5.41) is 0. The van der Waals surface area contributed by atoms with Crippen LogP contribution in [0.15, 0.2) is 16.5 Å². The number of nitrogens with zero attached hydrogens (tertiary/aromatic N) is 1. The molecule has 0 saturated carbocycles. The zero-order chi connectivity index (χ0) is 10.6. The van der Waals surface area contributed by atoms with Gasteiger partial charge >= 0.3 is 0 Å². The quantitative estimate of drug-likeness (QED) is 0.700. The van der Waals surface area contributed by atoms with Gasteiger partial charge in [0, 0.05) is 6.54 Å². The minimum absolute atomic E-state index is 0.216. The van der Waals surface area contributed by atoms with E-state index in [-0.39, 0.29) is 11.8 Å². The molecule has 0 aliphatic carbocycles.